The van der Waals surface area contributed by atoms with E-state index in [9.17, 15) is 10.1 Å². The van der Waals surface area contributed by atoms with Crippen LogP contribution in [0.3, 0.4) is 0 Å². The van der Waals surface area contributed by atoms with E-state index in [1.807, 2.05) is 6.07 Å². The van der Waals surface area contributed by atoms with Crippen LogP contribution in [-0.2, 0) is 6.54 Å². The summed E-state index contributed by atoms with van der Waals surface area (Å²) in [6.45, 7) is 9.08. The van der Waals surface area contributed by atoms with Crippen molar-refractivity contribution in [2.75, 3.05) is 6.54 Å². The standard InChI is InChI=1S/C17H24N2O2/c1-16(2)8-15-9-17(3,11-16)12-18(15)10-13-5-4-6-14(7-13)19(20)21/h4-7,15H,8-12H2,1-3H3/t15-,17+/m1/s1. The minimum absolute atomic E-state index is 0.196. The lowest BCUT2D eigenvalue weighted by atomic mass is 9.65. The molecule has 2 bridgehead atoms. The fourth-order valence-electron chi connectivity index (χ4n) is 4.76. The minimum Gasteiger partial charge on any atom is -0.296 e. The van der Waals surface area contributed by atoms with Crippen LogP contribution in [0.15, 0.2) is 24.3 Å². The molecular formula is C17H24N2O2. The van der Waals surface area contributed by atoms with Crippen molar-refractivity contribution in [1.29, 1.82) is 0 Å². The van der Waals surface area contributed by atoms with Crippen LogP contribution in [0, 0.1) is 20.9 Å². The highest BCUT2D eigenvalue weighted by molar-refractivity contribution is 5.34. The fourth-order valence-corrected chi connectivity index (χ4v) is 4.76. The predicted molar refractivity (Wildman–Crippen MR) is 83.0 cm³/mol. The highest BCUT2D eigenvalue weighted by atomic mass is 16.6. The highest BCUT2D eigenvalue weighted by Crippen LogP contribution is 2.52. The summed E-state index contributed by atoms with van der Waals surface area (Å²) in [6, 6.07) is 7.70. The summed E-state index contributed by atoms with van der Waals surface area (Å²) in [5, 5.41) is 10.9. The van der Waals surface area contributed by atoms with Gasteiger partial charge < -0.3 is 0 Å². The molecule has 1 aromatic rings. The Hall–Kier alpha value is -1.42. The summed E-state index contributed by atoms with van der Waals surface area (Å²) in [6.07, 6.45) is 3.78. The Morgan fingerprint density at radius 1 is 1.33 bits per heavy atom. The zero-order valence-corrected chi connectivity index (χ0v) is 13.1. The van der Waals surface area contributed by atoms with Gasteiger partial charge in [0, 0.05) is 31.3 Å². The third-order valence-electron chi connectivity index (χ3n) is 5.03. The normalized spacial score (nSPS) is 31.3. The fraction of sp³-hybridized carbons (Fsp3) is 0.647. The van der Waals surface area contributed by atoms with Crippen LogP contribution < -0.4 is 0 Å². The maximum Gasteiger partial charge on any atom is 0.269 e. The number of non-ortho nitro benzene ring substituents is 1. The summed E-state index contributed by atoms with van der Waals surface area (Å²) >= 11 is 0. The second-order valence-corrected chi connectivity index (χ2v) is 8.05. The summed E-state index contributed by atoms with van der Waals surface area (Å²) in [7, 11) is 0. The molecule has 1 saturated heterocycles. The van der Waals surface area contributed by atoms with Crippen molar-refractivity contribution in [1.82, 2.24) is 4.90 Å². The molecule has 0 unspecified atom stereocenters. The van der Waals surface area contributed by atoms with Gasteiger partial charge >= 0.3 is 0 Å². The van der Waals surface area contributed by atoms with Crippen LogP contribution in [0.25, 0.3) is 0 Å². The average Bonchev–Trinajstić information content (AvgIpc) is 2.58. The lowest BCUT2D eigenvalue weighted by Gasteiger charge is -2.40. The third kappa shape index (κ3) is 2.95. The third-order valence-corrected chi connectivity index (χ3v) is 5.03. The van der Waals surface area contributed by atoms with Crippen LogP contribution in [0.5, 0.6) is 0 Å². The molecule has 21 heavy (non-hydrogen) atoms. The van der Waals surface area contributed by atoms with E-state index in [4.69, 9.17) is 0 Å². The first-order chi connectivity index (χ1) is 9.76. The molecule has 0 N–H and O–H groups in total. The van der Waals surface area contributed by atoms with E-state index in [0.29, 0.717) is 16.9 Å². The molecule has 1 aromatic carbocycles. The number of rotatable bonds is 3. The molecule has 1 aliphatic heterocycles. The van der Waals surface area contributed by atoms with Gasteiger partial charge in [-0.2, -0.15) is 0 Å². The van der Waals surface area contributed by atoms with E-state index >= 15 is 0 Å². The van der Waals surface area contributed by atoms with E-state index in [0.717, 1.165) is 18.7 Å². The summed E-state index contributed by atoms with van der Waals surface area (Å²) in [4.78, 5) is 13.1. The molecule has 114 valence electrons. The van der Waals surface area contributed by atoms with Crippen molar-refractivity contribution >= 4 is 5.69 Å². The summed E-state index contributed by atoms with van der Waals surface area (Å²) in [5.41, 5.74) is 2.07. The minimum atomic E-state index is -0.309. The number of nitro groups is 1. The highest BCUT2D eigenvalue weighted by Gasteiger charge is 2.49. The monoisotopic (exact) mass is 288 g/mol. The molecule has 0 radical (unpaired) electrons. The molecule has 1 heterocycles. The first-order valence-corrected chi connectivity index (χ1v) is 7.74. The van der Waals surface area contributed by atoms with Crippen molar-refractivity contribution in [2.45, 2.75) is 52.6 Å². The SMILES string of the molecule is CC1(C)C[C@@H]2C[C@](C)(CN2Cc2cccc([N+](=O)[O-])c2)C1. The molecule has 2 aliphatic rings. The molecular weight excluding hydrogens is 264 g/mol. The van der Waals surface area contributed by atoms with Gasteiger partial charge in [0.25, 0.3) is 5.69 Å². The van der Waals surface area contributed by atoms with Gasteiger partial charge in [-0.1, -0.05) is 32.9 Å². The first kappa shape index (κ1) is 14.5. The second kappa shape index (κ2) is 4.80. The van der Waals surface area contributed by atoms with E-state index in [1.165, 1.54) is 19.3 Å². The molecule has 2 fully saturated rings. The molecule has 4 nitrogen and oxygen atoms in total. The number of hydrogen-bond acceptors (Lipinski definition) is 3. The Bertz CT molecular complexity index is 570. The molecule has 2 atom stereocenters. The Labute approximate surface area is 126 Å². The van der Waals surface area contributed by atoms with E-state index in [1.54, 1.807) is 18.2 Å². The first-order valence-electron chi connectivity index (χ1n) is 7.74. The van der Waals surface area contributed by atoms with Crippen LogP contribution in [0.2, 0.25) is 0 Å². The number of benzene rings is 1. The van der Waals surface area contributed by atoms with Gasteiger partial charge in [-0.05, 0) is 35.7 Å². The van der Waals surface area contributed by atoms with Crippen LogP contribution >= 0.6 is 0 Å². The van der Waals surface area contributed by atoms with Gasteiger partial charge in [0.1, 0.15) is 0 Å². The maximum absolute atomic E-state index is 10.9. The molecule has 3 rings (SSSR count). The molecule has 0 amide bonds. The largest absolute Gasteiger partial charge is 0.296 e. The van der Waals surface area contributed by atoms with Crippen LogP contribution in [-0.4, -0.2) is 22.4 Å². The Morgan fingerprint density at radius 2 is 2.10 bits per heavy atom. The van der Waals surface area contributed by atoms with Gasteiger partial charge in [-0.25, -0.2) is 0 Å². The van der Waals surface area contributed by atoms with Crippen molar-refractivity contribution in [2.24, 2.45) is 10.8 Å². The zero-order chi connectivity index (χ0) is 15.3. The Kier molecular flexibility index (Phi) is 3.32. The number of fused-ring (bicyclic) bond motifs is 2. The van der Waals surface area contributed by atoms with Crippen molar-refractivity contribution in [3.63, 3.8) is 0 Å². The van der Waals surface area contributed by atoms with Crippen molar-refractivity contribution < 1.29 is 4.92 Å². The van der Waals surface area contributed by atoms with E-state index in [2.05, 4.69) is 25.7 Å². The van der Waals surface area contributed by atoms with Gasteiger partial charge in [0.15, 0.2) is 0 Å². The van der Waals surface area contributed by atoms with Crippen molar-refractivity contribution in [3.05, 3.63) is 39.9 Å². The molecule has 0 spiro atoms. The average molecular weight is 288 g/mol. The number of hydrogen-bond donors (Lipinski definition) is 0. The van der Waals surface area contributed by atoms with Gasteiger partial charge in [0.2, 0.25) is 0 Å². The second-order valence-electron chi connectivity index (χ2n) is 8.05. The molecule has 0 aromatic heterocycles. The predicted octanol–water partition coefficient (Wildman–Crippen LogP) is 4.00. The zero-order valence-electron chi connectivity index (χ0n) is 13.1. The Morgan fingerprint density at radius 3 is 2.81 bits per heavy atom. The quantitative estimate of drug-likeness (QED) is 0.624. The molecule has 4 heteroatoms. The number of nitrogens with zero attached hydrogens (tertiary/aromatic N) is 2. The number of likely N-dealkylation sites (tertiary alicyclic amines) is 1. The van der Waals surface area contributed by atoms with Gasteiger partial charge in [-0.3, -0.25) is 15.0 Å². The number of nitro benzene ring substituents is 1. The lowest BCUT2D eigenvalue weighted by molar-refractivity contribution is -0.384. The molecule has 1 saturated carbocycles. The Balaban J connectivity index is 1.77. The van der Waals surface area contributed by atoms with Crippen LogP contribution in [0.1, 0.15) is 45.6 Å². The summed E-state index contributed by atoms with van der Waals surface area (Å²) < 4.78 is 0. The maximum atomic E-state index is 10.9. The van der Waals surface area contributed by atoms with E-state index in [-0.39, 0.29) is 10.6 Å². The van der Waals surface area contributed by atoms with Gasteiger partial charge in [-0.15, -0.1) is 0 Å². The van der Waals surface area contributed by atoms with Crippen LogP contribution in [0.4, 0.5) is 5.69 Å². The molecule has 1 aliphatic carbocycles. The summed E-state index contributed by atoms with van der Waals surface area (Å²) in [5.74, 6) is 0. The van der Waals surface area contributed by atoms with E-state index < -0.39 is 0 Å². The van der Waals surface area contributed by atoms with Gasteiger partial charge in [0.05, 0.1) is 4.92 Å². The van der Waals surface area contributed by atoms with Crippen molar-refractivity contribution in [3.8, 4) is 0 Å². The topological polar surface area (TPSA) is 46.4 Å². The lowest BCUT2D eigenvalue weighted by Crippen LogP contribution is -2.34. The smallest absolute Gasteiger partial charge is 0.269 e.